The number of aldehydes is 1. The average Bonchev–Trinajstić information content (AvgIpc) is 2.81. The molecule has 184 valence electrons. The summed E-state index contributed by atoms with van der Waals surface area (Å²) in [5.41, 5.74) is 2.47. The maximum absolute atomic E-state index is 12.5. The van der Waals surface area contributed by atoms with Crippen molar-refractivity contribution in [3.8, 4) is 5.75 Å². The second-order valence-electron chi connectivity index (χ2n) is 10.1. The summed E-state index contributed by atoms with van der Waals surface area (Å²) < 4.78 is 12.0. The summed E-state index contributed by atoms with van der Waals surface area (Å²) in [6.07, 6.45) is 3.59. The summed E-state index contributed by atoms with van der Waals surface area (Å²) in [6, 6.07) is 15.5. The Labute approximate surface area is 206 Å². The molecule has 0 N–H and O–H groups in total. The Bertz CT molecular complexity index is 1140. The number of allylic oxidation sites excluding steroid dienone is 1. The predicted octanol–water partition coefficient (Wildman–Crippen LogP) is 5.51. The zero-order valence-corrected chi connectivity index (χ0v) is 20.7. The molecule has 35 heavy (non-hydrogen) atoms. The lowest BCUT2D eigenvalue weighted by Crippen LogP contribution is -2.53. The monoisotopic (exact) mass is 476 g/mol. The minimum absolute atomic E-state index is 0.303. The van der Waals surface area contributed by atoms with Crippen LogP contribution >= 0.6 is 0 Å². The van der Waals surface area contributed by atoms with Crippen molar-refractivity contribution in [3.63, 3.8) is 0 Å². The summed E-state index contributed by atoms with van der Waals surface area (Å²) in [5.74, 6) is 1.12. The number of piperidine rings is 1. The van der Waals surface area contributed by atoms with Crippen molar-refractivity contribution in [1.29, 1.82) is 0 Å². The van der Waals surface area contributed by atoms with Gasteiger partial charge in [-0.15, -0.1) is 0 Å². The highest BCUT2D eigenvalue weighted by atomic mass is 16.6. The van der Waals surface area contributed by atoms with Crippen LogP contribution in [-0.4, -0.2) is 47.3 Å². The van der Waals surface area contributed by atoms with Crippen LogP contribution in [0.1, 0.15) is 56.7 Å². The number of hydrogen-bond acceptors (Lipinski definition) is 6. The number of carbonyl (C=O) groups excluding carboxylic acids is 2. The second-order valence-corrected chi connectivity index (χ2v) is 10.1. The number of aryl methyl sites for hydroxylation is 1. The molecule has 0 aliphatic carbocycles. The summed E-state index contributed by atoms with van der Waals surface area (Å²) in [7, 11) is 0. The van der Waals surface area contributed by atoms with Crippen LogP contribution in [-0.2, 0) is 14.4 Å². The third-order valence-corrected chi connectivity index (χ3v) is 6.15. The standard InChI is InChI=1S/C28H32N2O5/c1-20-9-11-21(12-10-20)24(13-18-31)35-29-23-19-28(33-25-8-6-5-7-22(23)25)14-16-30(17-15-28)26(32)34-27(2,3)4/h5-13,18H,14-17,19H2,1-4H3/b24-13-,29-23+. The van der Waals surface area contributed by atoms with E-state index in [1.54, 1.807) is 4.90 Å². The number of benzene rings is 2. The minimum Gasteiger partial charge on any atom is -0.486 e. The Balaban J connectivity index is 1.55. The third kappa shape index (κ3) is 5.91. The molecule has 0 bridgehead atoms. The van der Waals surface area contributed by atoms with E-state index in [-0.39, 0.29) is 6.09 Å². The van der Waals surface area contributed by atoms with E-state index >= 15 is 0 Å². The Morgan fingerprint density at radius 2 is 1.77 bits per heavy atom. The molecule has 2 aromatic carbocycles. The fraction of sp³-hybridized carbons (Fsp3) is 0.393. The topological polar surface area (TPSA) is 77.4 Å². The van der Waals surface area contributed by atoms with Gasteiger partial charge >= 0.3 is 6.09 Å². The predicted molar refractivity (Wildman–Crippen MR) is 134 cm³/mol. The lowest BCUT2D eigenvalue weighted by Gasteiger charge is -2.44. The molecule has 4 rings (SSSR count). The first-order valence-corrected chi connectivity index (χ1v) is 11.9. The lowest BCUT2D eigenvalue weighted by atomic mass is 9.82. The number of likely N-dealkylation sites (tertiary alicyclic amines) is 1. The van der Waals surface area contributed by atoms with Gasteiger partial charge in [-0.25, -0.2) is 4.79 Å². The number of nitrogens with zero attached hydrogens (tertiary/aromatic N) is 2. The van der Waals surface area contributed by atoms with E-state index in [1.807, 2.05) is 76.2 Å². The highest BCUT2D eigenvalue weighted by molar-refractivity contribution is 6.04. The van der Waals surface area contributed by atoms with Gasteiger partial charge in [0, 0.05) is 49.6 Å². The highest BCUT2D eigenvalue weighted by Crippen LogP contribution is 2.40. The van der Waals surface area contributed by atoms with Gasteiger partial charge in [-0.1, -0.05) is 47.1 Å². The van der Waals surface area contributed by atoms with Crippen molar-refractivity contribution in [1.82, 2.24) is 4.90 Å². The van der Waals surface area contributed by atoms with Crippen molar-refractivity contribution in [2.75, 3.05) is 13.1 Å². The number of hydrogen-bond donors (Lipinski definition) is 0. The first-order chi connectivity index (χ1) is 16.7. The summed E-state index contributed by atoms with van der Waals surface area (Å²) >= 11 is 0. The Kier molecular flexibility index (Phi) is 6.96. The number of oxime groups is 1. The summed E-state index contributed by atoms with van der Waals surface area (Å²) in [4.78, 5) is 31.3. The maximum Gasteiger partial charge on any atom is 0.410 e. The first kappa shape index (κ1) is 24.5. The molecule has 2 aliphatic heterocycles. The summed E-state index contributed by atoms with van der Waals surface area (Å²) in [5, 5.41) is 4.50. The van der Waals surface area contributed by atoms with Gasteiger partial charge in [-0.05, 0) is 39.8 Å². The number of rotatable bonds is 4. The van der Waals surface area contributed by atoms with Crippen LogP contribution in [0.15, 0.2) is 59.8 Å². The first-order valence-electron chi connectivity index (χ1n) is 11.9. The van der Waals surface area contributed by atoms with Gasteiger partial charge in [0.15, 0.2) is 5.76 Å². The SMILES string of the molecule is Cc1ccc(/C(=C/C=O)O/N=C2\CC3(CCN(C(=O)OC(C)(C)C)CC3)Oc3ccccc32)cc1. The third-order valence-electron chi connectivity index (χ3n) is 6.15. The van der Waals surface area contributed by atoms with Crippen molar-refractivity contribution in [2.24, 2.45) is 5.16 Å². The molecule has 0 radical (unpaired) electrons. The van der Waals surface area contributed by atoms with E-state index in [9.17, 15) is 9.59 Å². The maximum atomic E-state index is 12.5. The van der Waals surface area contributed by atoms with Gasteiger partial charge in [0.1, 0.15) is 23.2 Å². The average molecular weight is 477 g/mol. The smallest absolute Gasteiger partial charge is 0.410 e. The molecule has 7 heteroatoms. The zero-order valence-electron chi connectivity index (χ0n) is 20.7. The van der Waals surface area contributed by atoms with E-state index in [0.29, 0.717) is 44.4 Å². The highest BCUT2D eigenvalue weighted by Gasteiger charge is 2.43. The number of carbonyl (C=O) groups is 2. The van der Waals surface area contributed by atoms with Crippen LogP contribution in [0, 0.1) is 6.92 Å². The van der Waals surface area contributed by atoms with E-state index < -0.39 is 11.2 Å². The molecule has 1 saturated heterocycles. The second kappa shape index (κ2) is 9.94. The van der Waals surface area contributed by atoms with E-state index in [0.717, 1.165) is 28.2 Å². The molecule has 2 heterocycles. The number of para-hydroxylation sites is 1. The zero-order chi connectivity index (χ0) is 25.1. The van der Waals surface area contributed by atoms with Crippen LogP contribution in [0.5, 0.6) is 5.75 Å². The molecule has 0 unspecified atom stereocenters. The Hall–Kier alpha value is -3.61. The largest absolute Gasteiger partial charge is 0.486 e. The van der Waals surface area contributed by atoms with Crippen molar-refractivity contribution < 1.29 is 23.9 Å². The van der Waals surface area contributed by atoms with Crippen LogP contribution < -0.4 is 4.74 Å². The fourth-order valence-electron chi connectivity index (χ4n) is 4.31. The van der Waals surface area contributed by atoms with Gasteiger partial charge in [-0.3, -0.25) is 4.79 Å². The molecule has 1 amide bonds. The fourth-order valence-corrected chi connectivity index (χ4v) is 4.31. The van der Waals surface area contributed by atoms with Gasteiger partial charge in [0.25, 0.3) is 0 Å². The van der Waals surface area contributed by atoms with Gasteiger partial charge in [0.05, 0.1) is 5.71 Å². The molecule has 2 aliphatic rings. The molecule has 0 aromatic heterocycles. The molecule has 1 spiro atoms. The van der Waals surface area contributed by atoms with Crippen molar-refractivity contribution in [3.05, 3.63) is 71.3 Å². The van der Waals surface area contributed by atoms with Crippen LogP contribution in [0.4, 0.5) is 4.79 Å². The molecule has 2 aromatic rings. The molecule has 0 saturated carbocycles. The number of fused-ring (bicyclic) bond motifs is 1. The van der Waals surface area contributed by atoms with Crippen LogP contribution in [0.2, 0.25) is 0 Å². The molecule has 7 nitrogen and oxygen atoms in total. The van der Waals surface area contributed by atoms with Crippen molar-refractivity contribution >= 4 is 23.9 Å². The molecule has 1 fully saturated rings. The van der Waals surface area contributed by atoms with E-state index in [2.05, 4.69) is 5.16 Å². The number of ether oxygens (including phenoxy) is 2. The normalized spacial score (nSPS) is 18.6. The van der Waals surface area contributed by atoms with E-state index in [1.165, 1.54) is 6.08 Å². The molecular formula is C28H32N2O5. The lowest BCUT2D eigenvalue weighted by molar-refractivity contribution is -0.104. The Morgan fingerprint density at radius 1 is 1.09 bits per heavy atom. The Morgan fingerprint density at radius 3 is 2.43 bits per heavy atom. The van der Waals surface area contributed by atoms with Crippen LogP contribution in [0.3, 0.4) is 0 Å². The van der Waals surface area contributed by atoms with Crippen LogP contribution in [0.25, 0.3) is 5.76 Å². The van der Waals surface area contributed by atoms with Gasteiger partial charge < -0.3 is 19.2 Å². The minimum atomic E-state index is -0.534. The summed E-state index contributed by atoms with van der Waals surface area (Å²) in [6.45, 7) is 8.66. The molecular weight excluding hydrogens is 444 g/mol. The molecule has 0 atom stereocenters. The van der Waals surface area contributed by atoms with Gasteiger partial charge in [-0.2, -0.15) is 0 Å². The van der Waals surface area contributed by atoms with E-state index in [4.69, 9.17) is 14.3 Å². The van der Waals surface area contributed by atoms with Gasteiger partial charge in [0.2, 0.25) is 0 Å². The van der Waals surface area contributed by atoms with Crippen molar-refractivity contribution in [2.45, 2.75) is 58.2 Å². The quantitative estimate of drug-likeness (QED) is 0.252. The number of amides is 1.